The molecule has 20 heavy (non-hydrogen) atoms. The van der Waals surface area contributed by atoms with Gasteiger partial charge in [-0.15, -0.1) is 0 Å². The first-order chi connectivity index (χ1) is 9.58. The zero-order chi connectivity index (χ0) is 14.5. The lowest BCUT2D eigenvalue weighted by Gasteiger charge is -2.34. The van der Waals surface area contributed by atoms with Gasteiger partial charge in [0, 0.05) is 38.8 Å². The Balaban J connectivity index is 2.14. The van der Waals surface area contributed by atoms with Crippen LogP contribution in [0.25, 0.3) is 0 Å². The molecule has 0 spiro atoms. The molecule has 1 amide bonds. The summed E-state index contributed by atoms with van der Waals surface area (Å²) >= 11 is 0. The van der Waals surface area contributed by atoms with Gasteiger partial charge in [0.25, 0.3) is 6.43 Å². The highest BCUT2D eigenvalue weighted by Gasteiger charge is 2.29. The number of nitrogens with one attached hydrogen (secondary N) is 2. The Morgan fingerprint density at radius 1 is 1.25 bits per heavy atom. The van der Waals surface area contributed by atoms with Crippen LogP contribution >= 0.6 is 0 Å². The van der Waals surface area contributed by atoms with Gasteiger partial charge in [-0.2, -0.15) is 0 Å². The third-order valence-electron chi connectivity index (χ3n) is 3.36. The minimum absolute atomic E-state index is 0.176. The lowest BCUT2D eigenvalue weighted by Crippen LogP contribution is -2.46. The third kappa shape index (κ3) is 3.74. The first kappa shape index (κ1) is 14.9. The van der Waals surface area contributed by atoms with Gasteiger partial charge in [0.05, 0.1) is 6.04 Å². The van der Waals surface area contributed by atoms with E-state index in [1.54, 1.807) is 29.2 Å². The minimum Gasteiger partial charge on any atom is -0.326 e. The first-order valence-corrected chi connectivity index (χ1v) is 6.68. The Hall–Kier alpha value is -1.53. The predicted molar refractivity (Wildman–Crippen MR) is 73.9 cm³/mol. The Morgan fingerprint density at radius 2 is 1.85 bits per heavy atom. The largest absolute Gasteiger partial charge is 0.326 e. The monoisotopic (exact) mass is 283 g/mol. The van der Waals surface area contributed by atoms with E-state index in [9.17, 15) is 13.6 Å². The van der Waals surface area contributed by atoms with Crippen LogP contribution in [0, 0.1) is 0 Å². The minimum atomic E-state index is -2.43. The van der Waals surface area contributed by atoms with Gasteiger partial charge < -0.3 is 10.6 Å². The van der Waals surface area contributed by atoms with Crippen molar-refractivity contribution in [2.75, 3.05) is 31.5 Å². The summed E-state index contributed by atoms with van der Waals surface area (Å²) < 4.78 is 26.7. The van der Waals surface area contributed by atoms with Crippen LogP contribution in [0.4, 0.5) is 14.5 Å². The van der Waals surface area contributed by atoms with E-state index in [1.807, 2.05) is 0 Å². The number of anilines is 1. The SMILES string of the molecule is CC(=O)Nc1ccc([C@H](C(F)F)N2CCNCC2)cc1. The van der Waals surface area contributed by atoms with E-state index in [0.29, 0.717) is 24.3 Å². The highest BCUT2D eigenvalue weighted by Crippen LogP contribution is 2.28. The van der Waals surface area contributed by atoms with Crippen molar-refractivity contribution in [3.8, 4) is 0 Å². The molecule has 1 heterocycles. The van der Waals surface area contributed by atoms with E-state index in [0.717, 1.165) is 13.1 Å². The van der Waals surface area contributed by atoms with Crippen molar-refractivity contribution in [2.24, 2.45) is 0 Å². The van der Waals surface area contributed by atoms with E-state index < -0.39 is 12.5 Å². The van der Waals surface area contributed by atoms with Crippen LogP contribution in [-0.2, 0) is 4.79 Å². The molecule has 1 aromatic rings. The van der Waals surface area contributed by atoms with Crippen LogP contribution < -0.4 is 10.6 Å². The van der Waals surface area contributed by atoms with Crippen molar-refractivity contribution in [1.82, 2.24) is 10.2 Å². The highest BCUT2D eigenvalue weighted by atomic mass is 19.3. The fourth-order valence-corrected chi connectivity index (χ4v) is 2.44. The molecular formula is C14H19F2N3O. The summed E-state index contributed by atoms with van der Waals surface area (Å²) in [6.07, 6.45) is -2.43. The normalized spacial score (nSPS) is 18.0. The topological polar surface area (TPSA) is 44.4 Å². The summed E-state index contributed by atoms with van der Waals surface area (Å²) in [5.41, 5.74) is 1.20. The van der Waals surface area contributed by atoms with Crippen molar-refractivity contribution in [3.63, 3.8) is 0 Å². The second-order valence-corrected chi connectivity index (χ2v) is 4.87. The molecule has 1 aliphatic rings. The zero-order valence-electron chi connectivity index (χ0n) is 11.4. The molecule has 1 aromatic carbocycles. The van der Waals surface area contributed by atoms with Gasteiger partial charge >= 0.3 is 0 Å². The summed E-state index contributed by atoms with van der Waals surface area (Å²) in [6.45, 7) is 4.10. The second-order valence-electron chi connectivity index (χ2n) is 4.87. The molecule has 6 heteroatoms. The first-order valence-electron chi connectivity index (χ1n) is 6.68. The predicted octanol–water partition coefficient (Wildman–Crippen LogP) is 1.86. The number of halogens is 2. The Morgan fingerprint density at radius 3 is 2.35 bits per heavy atom. The number of hydrogen-bond acceptors (Lipinski definition) is 3. The molecule has 0 unspecified atom stereocenters. The molecule has 0 saturated carbocycles. The fourth-order valence-electron chi connectivity index (χ4n) is 2.44. The Labute approximate surface area is 117 Å². The molecular weight excluding hydrogens is 264 g/mol. The summed E-state index contributed by atoms with van der Waals surface area (Å²) in [6, 6.07) is 5.75. The van der Waals surface area contributed by atoms with Gasteiger partial charge in [-0.25, -0.2) is 8.78 Å². The molecule has 0 radical (unpaired) electrons. The van der Waals surface area contributed by atoms with Crippen LogP contribution in [-0.4, -0.2) is 43.4 Å². The number of piperazine rings is 1. The van der Waals surface area contributed by atoms with Crippen LogP contribution in [0.1, 0.15) is 18.5 Å². The molecule has 0 aromatic heterocycles. The molecule has 1 fully saturated rings. The number of carbonyl (C=O) groups excluding carboxylic acids is 1. The molecule has 2 N–H and O–H groups in total. The van der Waals surface area contributed by atoms with Gasteiger partial charge in [-0.3, -0.25) is 9.69 Å². The summed E-state index contributed by atoms with van der Waals surface area (Å²) in [5, 5.41) is 5.79. The van der Waals surface area contributed by atoms with E-state index in [1.165, 1.54) is 6.92 Å². The van der Waals surface area contributed by atoms with Gasteiger partial charge in [0.15, 0.2) is 0 Å². The van der Waals surface area contributed by atoms with Gasteiger partial charge in [0.1, 0.15) is 0 Å². The number of carbonyl (C=O) groups is 1. The van der Waals surface area contributed by atoms with Crippen LogP contribution in [0.2, 0.25) is 0 Å². The third-order valence-corrected chi connectivity index (χ3v) is 3.36. The highest BCUT2D eigenvalue weighted by molar-refractivity contribution is 5.88. The average molecular weight is 283 g/mol. The summed E-state index contributed by atoms with van der Waals surface area (Å²) in [7, 11) is 0. The molecule has 1 atom stereocenters. The number of alkyl halides is 2. The molecule has 2 rings (SSSR count). The number of amides is 1. The Bertz CT molecular complexity index is 444. The number of rotatable bonds is 4. The van der Waals surface area contributed by atoms with E-state index >= 15 is 0 Å². The van der Waals surface area contributed by atoms with Crippen molar-refractivity contribution < 1.29 is 13.6 Å². The van der Waals surface area contributed by atoms with Crippen molar-refractivity contribution in [3.05, 3.63) is 29.8 Å². The smallest absolute Gasteiger partial charge is 0.258 e. The molecule has 0 bridgehead atoms. The van der Waals surface area contributed by atoms with E-state index in [-0.39, 0.29) is 5.91 Å². The maximum Gasteiger partial charge on any atom is 0.258 e. The maximum absolute atomic E-state index is 13.3. The summed E-state index contributed by atoms with van der Waals surface area (Å²) in [4.78, 5) is 12.7. The molecule has 1 aliphatic heterocycles. The molecule has 4 nitrogen and oxygen atoms in total. The average Bonchev–Trinajstić information content (AvgIpc) is 2.41. The number of hydrogen-bond donors (Lipinski definition) is 2. The second kappa shape index (κ2) is 6.76. The van der Waals surface area contributed by atoms with Crippen molar-refractivity contribution >= 4 is 11.6 Å². The summed E-state index contributed by atoms with van der Waals surface area (Å²) in [5.74, 6) is -0.176. The lowest BCUT2D eigenvalue weighted by molar-refractivity contribution is -0.114. The van der Waals surface area contributed by atoms with E-state index in [4.69, 9.17) is 0 Å². The number of benzene rings is 1. The van der Waals surface area contributed by atoms with Gasteiger partial charge in [-0.1, -0.05) is 12.1 Å². The van der Waals surface area contributed by atoms with Crippen LogP contribution in [0.3, 0.4) is 0 Å². The maximum atomic E-state index is 13.3. The van der Waals surface area contributed by atoms with E-state index in [2.05, 4.69) is 10.6 Å². The standard InChI is InChI=1S/C14H19F2N3O/c1-10(20)18-12-4-2-11(3-5-12)13(14(15)16)19-8-6-17-7-9-19/h2-5,13-14,17H,6-9H2,1H3,(H,18,20)/t13-/m1/s1. The van der Waals surface area contributed by atoms with Crippen LogP contribution in [0.15, 0.2) is 24.3 Å². The fraction of sp³-hybridized carbons (Fsp3) is 0.500. The Kier molecular flexibility index (Phi) is 5.03. The zero-order valence-corrected chi connectivity index (χ0v) is 11.4. The molecule has 0 aliphatic carbocycles. The number of nitrogens with zero attached hydrogens (tertiary/aromatic N) is 1. The van der Waals surface area contributed by atoms with Gasteiger partial charge in [-0.05, 0) is 17.7 Å². The molecule has 1 saturated heterocycles. The molecule has 110 valence electrons. The van der Waals surface area contributed by atoms with Gasteiger partial charge in [0.2, 0.25) is 5.91 Å². The van der Waals surface area contributed by atoms with Crippen molar-refractivity contribution in [2.45, 2.75) is 19.4 Å². The van der Waals surface area contributed by atoms with Crippen LogP contribution in [0.5, 0.6) is 0 Å². The quantitative estimate of drug-likeness (QED) is 0.886. The lowest BCUT2D eigenvalue weighted by atomic mass is 10.0. The van der Waals surface area contributed by atoms with Crippen molar-refractivity contribution in [1.29, 1.82) is 0 Å².